The summed E-state index contributed by atoms with van der Waals surface area (Å²) < 4.78 is 32.7. The van der Waals surface area contributed by atoms with Gasteiger partial charge in [-0.1, -0.05) is 179 Å². The number of phosphoric ester groups is 1. The van der Waals surface area contributed by atoms with Crippen LogP contribution in [0.3, 0.4) is 0 Å². The maximum Gasteiger partial charge on any atom is 0.472 e. The Morgan fingerprint density at radius 1 is 0.556 bits per heavy atom. The van der Waals surface area contributed by atoms with E-state index in [2.05, 4.69) is 44.2 Å². The second kappa shape index (κ2) is 40.9. The fourth-order valence-corrected chi connectivity index (χ4v) is 6.77. The van der Waals surface area contributed by atoms with Crippen LogP contribution in [0.4, 0.5) is 0 Å². The molecule has 0 rings (SSSR count). The average Bonchev–Trinajstić information content (AvgIpc) is 3.16. The third kappa shape index (κ3) is 39.9. The minimum Gasteiger partial charge on any atom is -0.462 e. The SMILES string of the molecule is CCCCCCCC/C=C/C/C=C/C/C=C/CCCC(=O)O[C@H](COC(=O)CCCCCCCCCCCCCCCCCC)COP(=O)(O)OCCN. The number of nitrogens with two attached hydrogens (primary N) is 1. The van der Waals surface area contributed by atoms with Crippen LogP contribution in [0.5, 0.6) is 0 Å². The van der Waals surface area contributed by atoms with E-state index in [4.69, 9.17) is 24.3 Å². The summed E-state index contributed by atoms with van der Waals surface area (Å²) in [6.07, 6.45) is 44.7. The quantitative estimate of drug-likeness (QED) is 0.0269. The third-order valence-corrected chi connectivity index (χ3v) is 10.3. The summed E-state index contributed by atoms with van der Waals surface area (Å²) >= 11 is 0. The molecule has 0 amide bonds. The number of esters is 2. The van der Waals surface area contributed by atoms with Gasteiger partial charge in [0.2, 0.25) is 0 Å². The summed E-state index contributed by atoms with van der Waals surface area (Å²) in [5.74, 6) is -0.884. The van der Waals surface area contributed by atoms with E-state index in [0.29, 0.717) is 6.42 Å². The van der Waals surface area contributed by atoms with Crippen molar-refractivity contribution in [3.05, 3.63) is 36.5 Å². The number of rotatable bonds is 41. The Bertz CT molecular complexity index is 986. The molecule has 1 unspecified atom stereocenters. The number of ether oxygens (including phenoxy) is 2. The van der Waals surface area contributed by atoms with Crippen LogP contribution in [-0.4, -0.2) is 49.3 Å². The number of phosphoric acid groups is 1. The second-order valence-corrected chi connectivity index (χ2v) is 16.0. The molecule has 0 bridgehead atoms. The van der Waals surface area contributed by atoms with Crippen LogP contribution >= 0.6 is 7.82 Å². The largest absolute Gasteiger partial charge is 0.472 e. The standard InChI is InChI=1S/C44H82NO8P/c1-3-5-7-9-11-13-15-17-19-21-23-25-27-29-31-33-35-37-44(47)53-42(41-52-54(48,49)51-39-38-45)40-50-43(46)36-34-32-30-28-26-24-22-20-18-16-14-12-10-8-6-4-2/h17,19,23,25,29,31,42H,3-16,18,20-22,24,26-28,30,32-41,45H2,1-2H3,(H,48,49)/b19-17+,25-23+,31-29+/t42-/m1/s1. The summed E-state index contributed by atoms with van der Waals surface area (Å²) in [6.45, 7) is 3.68. The minimum atomic E-state index is -4.39. The van der Waals surface area contributed by atoms with Gasteiger partial charge in [-0.25, -0.2) is 4.57 Å². The number of carbonyl (C=O) groups excluding carboxylic acids is 2. The second-order valence-electron chi connectivity index (χ2n) is 14.6. The Balaban J connectivity index is 4.22. The zero-order valence-corrected chi connectivity index (χ0v) is 35.6. The molecule has 0 aromatic heterocycles. The third-order valence-electron chi connectivity index (χ3n) is 9.28. The summed E-state index contributed by atoms with van der Waals surface area (Å²) in [7, 11) is -4.39. The molecule has 0 heterocycles. The van der Waals surface area contributed by atoms with E-state index in [-0.39, 0.29) is 32.6 Å². The number of allylic oxidation sites excluding steroid dienone is 6. The normalized spacial score (nSPS) is 13.6. The van der Waals surface area contributed by atoms with Crippen LogP contribution in [-0.2, 0) is 32.7 Å². The lowest BCUT2D eigenvalue weighted by atomic mass is 10.0. The minimum absolute atomic E-state index is 0.0464. The van der Waals surface area contributed by atoms with Gasteiger partial charge in [0.1, 0.15) is 6.61 Å². The van der Waals surface area contributed by atoms with E-state index in [0.717, 1.165) is 44.9 Å². The van der Waals surface area contributed by atoms with Gasteiger partial charge in [-0.3, -0.25) is 18.6 Å². The molecule has 9 nitrogen and oxygen atoms in total. The Labute approximate surface area is 331 Å². The van der Waals surface area contributed by atoms with Crippen LogP contribution in [0, 0.1) is 0 Å². The fraction of sp³-hybridized carbons (Fsp3) is 0.818. The first-order valence-corrected chi connectivity index (χ1v) is 23.5. The molecule has 0 saturated heterocycles. The van der Waals surface area contributed by atoms with E-state index in [1.807, 2.05) is 6.08 Å². The highest BCUT2D eigenvalue weighted by Gasteiger charge is 2.25. The number of hydrogen-bond acceptors (Lipinski definition) is 8. The lowest BCUT2D eigenvalue weighted by Crippen LogP contribution is -2.29. The Kier molecular flexibility index (Phi) is 39.5. The van der Waals surface area contributed by atoms with Crippen LogP contribution < -0.4 is 5.73 Å². The van der Waals surface area contributed by atoms with Crippen molar-refractivity contribution < 1.29 is 37.6 Å². The molecule has 0 fully saturated rings. The molecule has 0 radical (unpaired) electrons. The molecule has 0 spiro atoms. The van der Waals surface area contributed by atoms with Gasteiger partial charge in [-0.15, -0.1) is 0 Å². The molecule has 2 atom stereocenters. The first-order chi connectivity index (χ1) is 26.3. The van der Waals surface area contributed by atoms with Crippen molar-refractivity contribution in [3.8, 4) is 0 Å². The van der Waals surface area contributed by atoms with E-state index < -0.39 is 32.5 Å². The topological polar surface area (TPSA) is 134 Å². The van der Waals surface area contributed by atoms with Crippen molar-refractivity contribution in [2.75, 3.05) is 26.4 Å². The summed E-state index contributed by atoms with van der Waals surface area (Å²) in [4.78, 5) is 34.8. The van der Waals surface area contributed by atoms with Crippen molar-refractivity contribution >= 4 is 19.8 Å². The number of hydrogen-bond donors (Lipinski definition) is 2. The summed E-state index contributed by atoms with van der Waals surface area (Å²) in [5, 5.41) is 0. The molecule has 10 heteroatoms. The highest BCUT2D eigenvalue weighted by Crippen LogP contribution is 2.43. The van der Waals surface area contributed by atoms with Crippen LogP contribution in [0.2, 0.25) is 0 Å². The van der Waals surface area contributed by atoms with Crippen molar-refractivity contribution in [1.29, 1.82) is 0 Å². The van der Waals surface area contributed by atoms with E-state index in [1.165, 1.54) is 122 Å². The molecular weight excluding hydrogens is 701 g/mol. The van der Waals surface area contributed by atoms with Crippen LogP contribution in [0.1, 0.15) is 200 Å². The molecule has 316 valence electrons. The van der Waals surface area contributed by atoms with E-state index in [1.54, 1.807) is 0 Å². The van der Waals surface area contributed by atoms with Gasteiger partial charge >= 0.3 is 19.8 Å². The number of carbonyl (C=O) groups is 2. The van der Waals surface area contributed by atoms with Gasteiger partial charge in [0.25, 0.3) is 0 Å². The predicted molar refractivity (Wildman–Crippen MR) is 224 cm³/mol. The maximum atomic E-state index is 12.6. The van der Waals surface area contributed by atoms with Gasteiger partial charge < -0.3 is 20.1 Å². The molecule has 0 aromatic carbocycles. The first kappa shape index (κ1) is 52.2. The van der Waals surface area contributed by atoms with E-state index >= 15 is 0 Å². The predicted octanol–water partition coefficient (Wildman–Crippen LogP) is 12.6. The highest BCUT2D eigenvalue weighted by molar-refractivity contribution is 7.47. The van der Waals surface area contributed by atoms with Gasteiger partial charge in [0, 0.05) is 19.4 Å². The highest BCUT2D eigenvalue weighted by atomic mass is 31.2. The summed E-state index contributed by atoms with van der Waals surface area (Å²) in [6, 6.07) is 0. The smallest absolute Gasteiger partial charge is 0.462 e. The summed E-state index contributed by atoms with van der Waals surface area (Å²) in [5.41, 5.74) is 5.34. The Hall–Kier alpha value is -1.77. The van der Waals surface area contributed by atoms with Crippen molar-refractivity contribution in [2.24, 2.45) is 5.73 Å². The lowest BCUT2D eigenvalue weighted by molar-refractivity contribution is -0.161. The van der Waals surface area contributed by atoms with Gasteiger partial charge in [-0.2, -0.15) is 0 Å². The van der Waals surface area contributed by atoms with E-state index in [9.17, 15) is 19.0 Å². The fourth-order valence-electron chi connectivity index (χ4n) is 6.00. The monoisotopic (exact) mass is 784 g/mol. The number of unbranched alkanes of at least 4 members (excludes halogenated alkanes) is 22. The lowest BCUT2D eigenvalue weighted by Gasteiger charge is -2.19. The van der Waals surface area contributed by atoms with Crippen molar-refractivity contribution in [3.63, 3.8) is 0 Å². The zero-order valence-electron chi connectivity index (χ0n) is 34.7. The molecular formula is C44H82NO8P. The first-order valence-electron chi connectivity index (χ1n) is 22.0. The van der Waals surface area contributed by atoms with Gasteiger partial charge in [0.05, 0.1) is 13.2 Å². The molecule has 0 aromatic rings. The zero-order chi connectivity index (χ0) is 39.6. The molecule has 0 aliphatic rings. The van der Waals surface area contributed by atoms with Crippen molar-refractivity contribution in [2.45, 2.75) is 206 Å². The van der Waals surface area contributed by atoms with Gasteiger partial charge in [-0.05, 0) is 44.9 Å². The average molecular weight is 784 g/mol. The molecule has 0 saturated carbocycles. The van der Waals surface area contributed by atoms with Crippen molar-refractivity contribution in [1.82, 2.24) is 0 Å². The Morgan fingerprint density at radius 2 is 0.981 bits per heavy atom. The maximum absolute atomic E-state index is 12.6. The van der Waals surface area contributed by atoms with Crippen LogP contribution in [0.25, 0.3) is 0 Å². The molecule has 0 aliphatic heterocycles. The molecule has 54 heavy (non-hydrogen) atoms. The Morgan fingerprint density at radius 3 is 1.48 bits per heavy atom. The molecule has 3 N–H and O–H groups in total. The molecule has 0 aliphatic carbocycles. The van der Waals surface area contributed by atoms with Crippen LogP contribution in [0.15, 0.2) is 36.5 Å². The van der Waals surface area contributed by atoms with Gasteiger partial charge in [0.15, 0.2) is 6.10 Å².